The highest BCUT2D eigenvalue weighted by Crippen LogP contribution is 2.21. The number of anilines is 1. The van der Waals surface area contributed by atoms with Gasteiger partial charge in [0.25, 0.3) is 5.91 Å². The number of nitrogens with one attached hydrogen (secondary N) is 2. The quantitative estimate of drug-likeness (QED) is 0.0361. The molecule has 0 heterocycles. The zero-order valence-corrected chi connectivity index (χ0v) is 40.8. The van der Waals surface area contributed by atoms with Gasteiger partial charge in [-0.15, -0.1) is 0 Å². The molecule has 366 valence electrons. The van der Waals surface area contributed by atoms with Gasteiger partial charge in [-0.3, -0.25) is 24.0 Å². The number of carboxylic acids is 2. The van der Waals surface area contributed by atoms with Crippen LogP contribution in [0.25, 0.3) is 0 Å². The Hall–Kier alpha value is -3.61. The lowest BCUT2D eigenvalue weighted by atomic mass is 10.0. The van der Waals surface area contributed by atoms with Crippen molar-refractivity contribution in [1.82, 2.24) is 5.32 Å². The number of carbonyl (C=O) groups excluding carboxylic acids is 4. The van der Waals surface area contributed by atoms with Gasteiger partial charge in [0.15, 0.2) is 0 Å². The summed E-state index contributed by atoms with van der Waals surface area (Å²) in [4.78, 5) is 73.4. The van der Waals surface area contributed by atoms with Crippen LogP contribution in [0.3, 0.4) is 0 Å². The Morgan fingerprint density at radius 2 is 1.03 bits per heavy atom. The Morgan fingerprint density at radius 3 is 1.47 bits per heavy atom. The summed E-state index contributed by atoms with van der Waals surface area (Å²) in [7, 11) is 0. The van der Waals surface area contributed by atoms with Crippen LogP contribution in [-0.4, -0.2) is 75.7 Å². The van der Waals surface area contributed by atoms with Gasteiger partial charge in [-0.1, -0.05) is 175 Å². The molecule has 13 heteroatoms. The first kappa shape index (κ1) is 58.4. The molecule has 0 aliphatic rings. The average molecular weight is 919 g/mol. The number of ether oxygens (including phenoxy) is 2. The van der Waals surface area contributed by atoms with Crippen LogP contribution in [0.4, 0.5) is 5.69 Å². The zero-order valence-electron chi connectivity index (χ0n) is 39.9. The van der Waals surface area contributed by atoms with Crippen molar-refractivity contribution in [2.75, 3.05) is 17.7 Å². The monoisotopic (exact) mass is 919 g/mol. The molecule has 1 aromatic carbocycles. The molecule has 0 bridgehead atoms. The fourth-order valence-electron chi connectivity index (χ4n) is 7.47. The standard InChI is InChI=1S/C51H86N2O10S/c1-4-6-8-10-12-14-16-18-20-22-24-26-28-30-48(57)62-39-44(63-49(58)31-29-27-25-23-21-19-17-15-13-11-9-7-5-2)40-64-41(3)38-46(54)52-43-34-32-42(33-35-43)50(59)53-45(51(60)61)36-37-47(55)56/h32-35,41,44-45H,4-31,36-40H2,1-3H3,(H,52,54)(H,53,59)(H,55,56)(H,60,61). The number of carboxylic acid groups (broad SMARTS) is 2. The summed E-state index contributed by atoms with van der Waals surface area (Å²) in [5.41, 5.74) is 0.595. The van der Waals surface area contributed by atoms with Gasteiger partial charge in [-0.25, -0.2) is 4.79 Å². The maximum Gasteiger partial charge on any atom is 0.326 e. The summed E-state index contributed by atoms with van der Waals surface area (Å²) in [5.74, 6) is -3.67. The van der Waals surface area contributed by atoms with Gasteiger partial charge < -0.3 is 30.3 Å². The molecular formula is C51H86N2O10S. The second kappa shape index (κ2) is 39.7. The lowest BCUT2D eigenvalue weighted by Crippen LogP contribution is -2.41. The summed E-state index contributed by atoms with van der Waals surface area (Å²) in [6.07, 6.45) is 31.3. The van der Waals surface area contributed by atoms with E-state index in [9.17, 15) is 33.9 Å². The van der Waals surface area contributed by atoms with Crippen molar-refractivity contribution >= 4 is 53.1 Å². The molecule has 64 heavy (non-hydrogen) atoms. The minimum atomic E-state index is -1.35. The summed E-state index contributed by atoms with van der Waals surface area (Å²) in [5, 5.41) is 23.2. The van der Waals surface area contributed by atoms with Crippen molar-refractivity contribution in [3.05, 3.63) is 29.8 Å². The number of aliphatic carboxylic acids is 2. The van der Waals surface area contributed by atoms with Crippen molar-refractivity contribution in [3.63, 3.8) is 0 Å². The average Bonchev–Trinajstić information content (AvgIpc) is 3.26. The Balaban J connectivity index is 2.54. The van der Waals surface area contributed by atoms with Gasteiger partial charge in [-0.05, 0) is 43.5 Å². The number of unbranched alkanes of at least 4 members (excludes halogenated alkanes) is 24. The Labute approximate surface area is 390 Å². The summed E-state index contributed by atoms with van der Waals surface area (Å²) >= 11 is 1.46. The highest BCUT2D eigenvalue weighted by molar-refractivity contribution is 7.99. The Morgan fingerprint density at radius 1 is 0.594 bits per heavy atom. The molecule has 0 saturated carbocycles. The first-order valence-corrected chi connectivity index (χ1v) is 26.1. The fraction of sp³-hybridized carbons (Fsp3) is 0.765. The molecule has 0 radical (unpaired) electrons. The zero-order chi connectivity index (χ0) is 47.0. The van der Waals surface area contributed by atoms with Crippen LogP contribution in [0.1, 0.15) is 230 Å². The molecule has 0 spiro atoms. The number of esters is 2. The fourth-order valence-corrected chi connectivity index (χ4v) is 8.45. The number of rotatable bonds is 43. The van der Waals surface area contributed by atoms with E-state index in [-0.39, 0.29) is 48.1 Å². The van der Waals surface area contributed by atoms with Crippen molar-refractivity contribution in [2.24, 2.45) is 0 Å². The van der Waals surface area contributed by atoms with Crippen LogP contribution in [0.2, 0.25) is 0 Å². The van der Waals surface area contributed by atoms with E-state index in [1.165, 1.54) is 164 Å². The molecule has 0 aliphatic heterocycles. The maximum atomic E-state index is 12.9. The third kappa shape index (κ3) is 33.8. The molecule has 0 saturated heterocycles. The van der Waals surface area contributed by atoms with Crippen LogP contribution in [-0.2, 0) is 33.4 Å². The SMILES string of the molecule is CCCCCCCCCCCCCCCC(=O)OCC(CSC(C)CC(=O)Nc1ccc(C(=O)NC(CCC(=O)O)C(=O)O)cc1)OC(=O)CCCCCCCCCCCCCCC. The third-order valence-corrected chi connectivity index (χ3v) is 12.7. The molecule has 12 nitrogen and oxygen atoms in total. The second-order valence-electron chi connectivity index (χ2n) is 17.6. The molecule has 1 rings (SSSR count). The molecule has 2 amide bonds. The number of benzene rings is 1. The van der Waals surface area contributed by atoms with Crippen molar-refractivity contribution in [2.45, 2.75) is 237 Å². The lowest BCUT2D eigenvalue weighted by Gasteiger charge is -2.20. The maximum absolute atomic E-state index is 12.9. The van der Waals surface area contributed by atoms with Crippen LogP contribution in [0, 0.1) is 0 Å². The van der Waals surface area contributed by atoms with E-state index in [2.05, 4.69) is 24.5 Å². The van der Waals surface area contributed by atoms with E-state index in [4.69, 9.17) is 14.6 Å². The lowest BCUT2D eigenvalue weighted by molar-refractivity contribution is -0.157. The Bertz CT molecular complexity index is 1410. The van der Waals surface area contributed by atoms with Gasteiger partial charge in [0.2, 0.25) is 5.91 Å². The van der Waals surface area contributed by atoms with Crippen molar-refractivity contribution in [3.8, 4) is 0 Å². The molecule has 1 aromatic rings. The normalized spacial score (nSPS) is 12.5. The second-order valence-corrected chi connectivity index (χ2v) is 19.0. The molecule has 3 atom stereocenters. The van der Waals surface area contributed by atoms with E-state index in [1.54, 1.807) is 0 Å². The number of hydrogen-bond acceptors (Lipinski definition) is 9. The van der Waals surface area contributed by atoms with E-state index in [1.807, 2.05) is 6.92 Å². The largest absolute Gasteiger partial charge is 0.481 e. The molecule has 3 unspecified atom stereocenters. The predicted molar refractivity (Wildman–Crippen MR) is 259 cm³/mol. The Kier molecular flexibility index (Phi) is 36.3. The van der Waals surface area contributed by atoms with E-state index >= 15 is 0 Å². The highest BCUT2D eigenvalue weighted by atomic mass is 32.2. The van der Waals surface area contributed by atoms with Crippen molar-refractivity contribution < 1.29 is 48.5 Å². The van der Waals surface area contributed by atoms with Gasteiger partial charge in [-0.2, -0.15) is 11.8 Å². The summed E-state index contributed by atoms with van der Waals surface area (Å²) in [6, 6.07) is 4.58. The summed E-state index contributed by atoms with van der Waals surface area (Å²) < 4.78 is 11.5. The minimum Gasteiger partial charge on any atom is -0.481 e. The topological polar surface area (TPSA) is 185 Å². The number of carbonyl (C=O) groups is 6. The first-order valence-electron chi connectivity index (χ1n) is 25.1. The first-order chi connectivity index (χ1) is 30.9. The number of thioether (sulfide) groups is 1. The van der Waals surface area contributed by atoms with Gasteiger partial charge in [0.05, 0.1) is 0 Å². The van der Waals surface area contributed by atoms with Crippen LogP contribution in [0.15, 0.2) is 24.3 Å². The molecule has 0 aromatic heterocycles. The van der Waals surface area contributed by atoms with Crippen LogP contribution < -0.4 is 10.6 Å². The summed E-state index contributed by atoms with van der Waals surface area (Å²) in [6.45, 7) is 6.36. The van der Waals surface area contributed by atoms with E-state index in [0.29, 0.717) is 24.3 Å². The van der Waals surface area contributed by atoms with E-state index in [0.717, 1.165) is 38.5 Å². The number of amides is 2. The minimum absolute atomic E-state index is 0.0275. The van der Waals surface area contributed by atoms with E-state index < -0.39 is 36.4 Å². The van der Waals surface area contributed by atoms with Crippen LogP contribution >= 0.6 is 11.8 Å². The predicted octanol–water partition coefficient (Wildman–Crippen LogP) is 12.6. The molecular weight excluding hydrogens is 833 g/mol. The molecule has 0 aliphatic carbocycles. The van der Waals surface area contributed by atoms with Gasteiger partial charge >= 0.3 is 23.9 Å². The smallest absolute Gasteiger partial charge is 0.326 e. The van der Waals surface area contributed by atoms with Gasteiger partial charge in [0.1, 0.15) is 18.8 Å². The van der Waals surface area contributed by atoms with Gasteiger partial charge in [0, 0.05) is 47.9 Å². The molecule has 0 fully saturated rings. The highest BCUT2D eigenvalue weighted by Gasteiger charge is 2.23. The van der Waals surface area contributed by atoms with Crippen LogP contribution in [0.5, 0.6) is 0 Å². The van der Waals surface area contributed by atoms with Crippen molar-refractivity contribution in [1.29, 1.82) is 0 Å². The molecule has 4 N–H and O–H groups in total. The third-order valence-electron chi connectivity index (χ3n) is 11.4. The number of hydrogen-bond donors (Lipinski definition) is 4.